The molecule has 0 saturated heterocycles. The Kier molecular flexibility index (Phi) is 10.4. The number of hydrogen-bond donors (Lipinski definition) is 0. The van der Waals surface area contributed by atoms with E-state index in [0.29, 0.717) is 30.8 Å². The first kappa shape index (κ1) is 39.9. The number of nitrogens with zero attached hydrogens (tertiary/aromatic N) is 2. The number of pyridine rings is 2. The summed E-state index contributed by atoms with van der Waals surface area (Å²) in [4.78, 5) is 39.1. The molecule has 0 N–H and O–H groups in total. The average Bonchev–Trinajstić information content (AvgIpc) is 3.62. The van der Waals surface area contributed by atoms with Crippen LogP contribution in [-0.2, 0) is 15.0 Å². The van der Waals surface area contributed by atoms with E-state index < -0.39 is 5.41 Å². The van der Waals surface area contributed by atoms with Crippen molar-refractivity contribution < 1.29 is 19.1 Å². The van der Waals surface area contributed by atoms with Crippen LogP contribution >= 0.6 is 0 Å². The first-order chi connectivity index (χ1) is 32.0. The number of rotatable bonds is 12. The molecule has 314 valence electrons. The normalized spacial score (nSPS) is 14.6. The maximum absolute atomic E-state index is 14.1. The molecule has 0 aliphatic heterocycles. The van der Waals surface area contributed by atoms with E-state index in [1.807, 2.05) is 72.8 Å². The van der Waals surface area contributed by atoms with Gasteiger partial charge < -0.3 is 9.47 Å². The predicted octanol–water partition coefficient (Wildman–Crippen LogP) is 14.0. The summed E-state index contributed by atoms with van der Waals surface area (Å²) < 4.78 is 12.0. The molecule has 2 unspecified atom stereocenters. The molecular weight excluding hydrogens is 801 g/mol. The third-order valence-electron chi connectivity index (χ3n) is 13.2. The molecule has 6 heteroatoms. The standard InChI is InChI=1S/C59H44N2O4/c62-54(64-44-21-3-1-4-22-44)33-31-43(49-36-41-18-9-13-28-52(41)60-57(49)48-27-15-20-39-16-7-11-25-46(39)48)38-59(35-34-55(63)65-45-23-5-2-6-24-45)50-32-30-40-17-8-12-26-47(40)56(50)58-51(59)37-42-19-10-14-29-53(42)61-58/h1-30,32,36-37,43H,31,33-35,38H2. The number of esters is 2. The van der Waals surface area contributed by atoms with Gasteiger partial charge in [-0.3, -0.25) is 9.59 Å². The SMILES string of the molecule is O=C(CCC(CC1(CCC(=O)Oc2ccccc2)c2cc3ccccc3nc2-c2c1ccc1ccccc21)c1cc2ccccc2nc1-c1cccc2ccccc12)Oc1ccccc1. The lowest BCUT2D eigenvalue weighted by atomic mass is 9.66. The number of ether oxygens (including phenoxy) is 2. The zero-order valence-corrected chi connectivity index (χ0v) is 35.7. The molecule has 2 heterocycles. The van der Waals surface area contributed by atoms with Gasteiger partial charge >= 0.3 is 11.9 Å². The Bertz CT molecular complexity index is 3420. The third-order valence-corrected chi connectivity index (χ3v) is 13.2. The van der Waals surface area contributed by atoms with E-state index in [9.17, 15) is 9.59 Å². The fourth-order valence-electron chi connectivity index (χ4n) is 10.2. The third kappa shape index (κ3) is 7.57. The molecule has 1 aliphatic carbocycles. The minimum Gasteiger partial charge on any atom is -0.427 e. The number of benzene rings is 8. The maximum atomic E-state index is 14.1. The minimum absolute atomic E-state index is 0.141. The van der Waals surface area contributed by atoms with Crippen molar-refractivity contribution in [1.29, 1.82) is 0 Å². The molecule has 2 aromatic heterocycles. The van der Waals surface area contributed by atoms with Gasteiger partial charge in [0.15, 0.2) is 0 Å². The predicted molar refractivity (Wildman–Crippen MR) is 260 cm³/mol. The van der Waals surface area contributed by atoms with Crippen molar-refractivity contribution in [3.8, 4) is 34.0 Å². The van der Waals surface area contributed by atoms with Crippen LogP contribution in [0.4, 0.5) is 0 Å². The lowest BCUT2D eigenvalue weighted by molar-refractivity contribution is -0.135. The lowest BCUT2D eigenvalue weighted by Gasteiger charge is -2.36. The van der Waals surface area contributed by atoms with Crippen molar-refractivity contribution in [3.05, 3.63) is 217 Å². The van der Waals surface area contributed by atoms with Gasteiger partial charge in [0.25, 0.3) is 0 Å². The smallest absolute Gasteiger partial charge is 0.311 e. The van der Waals surface area contributed by atoms with E-state index >= 15 is 0 Å². The van der Waals surface area contributed by atoms with Gasteiger partial charge in [-0.2, -0.15) is 0 Å². The van der Waals surface area contributed by atoms with Crippen LogP contribution < -0.4 is 9.47 Å². The highest BCUT2D eigenvalue weighted by molar-refractivity contribution is 6.03. The van der Waals surface area contributed by atoms with Crippen molar-refractivity contribution in [2.24, 2.45) is 0 Å². The molecule has 0 fully saturated rings. The molecule has 6 nitrogen and oxygen atoms in total. The van der Waals surface area contributed by atoms with Crippen LogP contribution in [0.5, 0.6) is 11.5 Å². The van der Waals surface area contributed by atoms with Crippen LogP contribution in [0.3, 0.4) is 0 Å². The molecule has 2 atom stereocenters. The summed E-state index contributed by atoms with van der Waals surface area (Å²) in [6.45, 7) is 0. The van der Waals surface area contributed by atoms with Gasteiger partial charge in [-0.25, -0.2) is 9.97 Å². The molecule has 0 saturated carbocycles. The topological polar surface area (TPSA) is 78.4 Å². The quantitative estimate of drug-likeness (QED) is 0.0900. The number of para-hydroxylation sites is 4. The van der Waals surface area contributed by atoms with E-state index in [1.165, 1.54) is 0 Å². The fraction of sp³-hybridized carbons (Fsp3) is 0.119. The molecule has 8 aromatic carbocycles. The number of carbonyl (C=O) groups excluding carboxylic acids is 2. The second kappa shape index (κ2) is 17.0. The average molecular weight is 845 g/mol. The summed E-state index contributed by atoms with van der Waals surface area (Å²) in [5.41, 5.74) is 8.13. The molecule has 0 amide bonds. The zero-order chi connectivity index (χ0) is 43.7. The number of aromatic nitrogens is 2. The second-order valence-electron chi connectivity index (χ2n) is 17.0. The highest BCUT2D eigenvalue weighted by Crippen LogP contribution is 2.58. The van der Waals surface area contributed by atoms with Crippen LogP contribution in [-0.4, -0.2) is 21.9 Å². The van der Waals surface area contributed by atoms with Gasteiger partial charge in [-0.15, -0.1) is 0 Å². The van der Waals surface area contributed by atoms with Gasteiger partial charge in [0.1, 0.15) is 11.5 Å². The monoisotopic (exact) mass is 844 g/mol. The number of fused-ring (bicyclic) bond motifs is 8. The van der Waals surface area contributed by atoms with Crippen molar-refractivity contribution in [1.82, 2.24) is 9.97 Å². The summed E-state index contributed by atoms with van der Waals surface area (Å²) in [6, 6.07) is 67.3. The van der Waals surface area contributed by atoms with E-state index in [0.717, 1.165) is 82.6 Å². The van der Waals surface area contributed by atoms with E-state index in [2.05, 4.69) is 115 Å². The van der Waals surface area contributed by atoms with Gasteiger partial charge in [-0.1, -0.05) is 152 Å². The first-order valence-corrected chi connectivity index (χ1v) is 22.3. The van der Waals surface area contributed by atoms with Crippen LogP contribution in [0.1, 0.15) is 54.7 Å². The van der Waals surface area contributed by atoms with Gasteiger partial charge in [0.2, 0.25) is 0 Å². The molecule has 11 rings (SSSR count). The van der Waals surface area contributed by atoms with Crippen molar-refractivity contribution >= 4 is 55.3 Å². The molecule has 0 spiro atoms. The molecular formula is C59H44N2O4. The van der Waals surface area contributed by atoms with Crippen LogP contribution in [0.25, 0.3) is 65.9 Å². The van der Waals surface area contributed by atoms with Gasteiger partial charge in [-0.05, 0) is 112 Å². The molecule has 65 heavy (non-hydrogen) atoms. The van der Waals surface area contributed by atoms with E-state index in [1.54, 1.807) is 12.1 Å². The van der Waals surface area contributed by atoms with Gasteiger partial charge in [0, 0.05) is 40.2 Å². The molecule has 0 bridgehead atoms. The molecule has 0 radical (unpaired) electrons. The summed E-state index contributed by atoms with van der Waals surface area (Å²) in [5.74, 6) is 0.134. The summed E-state index contributed by atoms with van der Waals surface area (Å²) in [7, 11) is 0. The highest BCUT2D eigenvalue weighted by Gasteiger charge is 2.47. The lowest BCUT2D eigenvalue weighted by Crippen LogP contribution is -2.30. The summed E-state index contributed by atoms with van der Waals surface area (Å²) in [5, 5.41) is 6.46. The molecule has 1 aliphatic rings. The van der Waals surface area contributed by atoms with Crippen molar-refractivity contribution in [2.75, 3.05) is 0 Å². The Balaban J connectivity index is 1.14. The number of carbonyl (C=O) groups is 2. The Hall–Kier alpha value is -7.96. The van der Waals surface area contributed by atoms with E-state index in [4.69, 9.17) is 19.4 Å². The summed E-state index contributed by atoms with van der Waals surface area (Å²) >= 11 is 0. The Morgan fingerprint density at radius 1 is 0.477 bits per heavy atom. The van der Waals surface area contributed by atoms with Gasteiger partial charge in [0.05, 0.1) is 22.4 Å². The Morgan fingerprint density at radius 3 is 1.71 bits per heavy atom. The van der Waals surface area contributed by atoms with Crippen molar-refractivity contribution in [3.63, 3.8) is 0 Å². The zero-order valence-electron chi connectivity index (χ0n) is 35.7. The van der Waals surface area contributed by atoms with Crippen LogP contribution in [0.15, 0.2) is 200 Å². The maximum Gasteiger partial charge on any atom is 0.311 e. The minimum atomic E-state index is -0.753. The fourth-order valence-corrected chi connectivity index (χ4v) is 10.2. The van der Waals surface area contributed by atoms with Crippen molar-refractivity contribution in [2.45, 2.75) is 43.4 Å². The number of hydrogen-bond acceptors (Lipinski definition) is 6. The Labute approximate surface area is 377 Å². The van der Waals surface area contributed by atoms with Crippen LogP contribution in [0.2, 0.25) is 0 Å². The van der Waals surface area contributed by atoms with Crippen LogP contribution in [0, 0.1) is 0 Å². The molecule has 10 aromatic rings. The second-order valence-corrected chi connectivity index (χ2v) is 17.0. The van der Waals surface area contributed by atoms with E-state index in [-0.39, 0.29) is 30.7 Å². The first-order valence-electron chi connectivity index (χ1n) is 22.3. The largest absolute Gasteiger partial charge is 0.427 e. The summed E-state index contributed by atoms with van der Waals surface area (Å²) in [6.07, 6.45) is 1.73. The Morgan fingerprint density at radius 2 is 1.02 bits per heavy atom. The highest BCUT2D eigenvalue weighted by atomic mass is 16.5.